The molecule has 0 N–H and O–H groups in total. The maximum atomic E-state index is 13.4. The van der Waals surface area contributed by atoms with Crippen LogP contribution in [0.2, 0.25) is 0 Å². The van der Waals surface area contributed by atoms with Crippen LogP contribution in [0.1, 0.15) is 32.0 Å². The van der Waals surface area contributed by atoms with Crippen LogP contribution in [0.3, 0.4) is 0 Å². The first-order chi connectivity index (χ1) is 12.9. The molecule has 0 aliphatic rings. The largest absolute Gasteiger partial charge is 0.444 e. The molecule has 0 spiro atoms. The summed E-state index contributed by atoms with van der Waals surface area (Å²) in [4.78, 5) is 21.8. The molecule has 0 aliphatic heterocycles. The average Bonchev–Trinajstić information content (AvgIpc) is 2.56. The second-order valence-corrected chi connectivity index (χ2v) is 9.29. The Morgan fingerprint density at radius 2 is 1.96 bits per heavy atom. The summed E-state index contributed by atoms with van der Waals surface area (Å²) in [5.74, 6) is -0.352. The van der Waals surface area contributed by atoms with Gasteiger partial charge >= 0.3 is 6.09 Å². The Balaban J connectivity index is 2.21. The molecular formula is C19H24FN3O4S. The minimum atomic E-state index is -3.57. The van der Waals surface area contributed by atoms with Gasteiger partial charge in [0.25, 0.3) is 0 Å². The minimum absolute atomic E-state index is 0.0370. The zero-order valence-electron chi connectivity index (χ0n) is 16.3. The summed E-state index contributed by atoms with van der Waals surface area (Å²) in [6, 6.07) is 7.66. The van der Waals surface area contributed by atoms with Gasteiger partial charge in [0.15, 0.2) is 0 Å². The van der Waals surface area contributed by atoms with Crippen LogP contribution >= 0.6 is 0 Å². The van der Waals surface area contributed by atoms with E-state index in [-0.39, 0.29) is 24.1 Å². The van der Waals surface area contributed by atoms with Crippen molar-refractivity contribution < 1.29 is 22.3 Å². The van der Waals surface area contributed by atoms with E-state index in [0.717, 1.165) is 11.8 Å². The van der Waals surface area contributed by atoms with Crippen LogP contribution < -0.4 is 0 Å². The van der Waals surface area contributed by atoms with Crippen molar-refractivity contribution in [2.24, 2.45) is 0 Å². The molecule has 0 aliphatic carbocycles. The highest BCUT2D eigenvalue weighted by Crippen LogP contribution is 2.14. The predicted molar refractivity (Wildman–Crippen MR) is 102 cm³/mol. The fourth-order valence-corrected chi connectivity index (χ4v) is 2.89. The van der Waals surface area contributed by atoms with Gasteiger partial charge in [0.1, 0.15) is 11.4 Å². The number of amides is 1. The number of aromatic nitrogens is 2. The van der Waals surface area contributed by atoms with E-state index in [2.05, 4.69) is 9.97 Å². The lowest BCUT2D eigenvalue weighted by atomic mass is 10.1. The number of halogens is 1. The zero-order chi connectivity index (χ0) is 20.9. The van der Waals surface area contributed by atoms with E-state index in [1.54, 1.807) is 32.9 Å². The Bertz CT molecular complexity index is 942. The van der Waals surface area contributed by atoms with Gasteiger partial charge in [0.2, 0.25) is 15.0 Å². The first-order valence-electron chi connectivity index (χ1n) is 8.68. The minimum Gasteiger partial charge on any atom is -0.444 e. The fourth-order valence-electron chi connectivity index (χ4n) is 2.36. The van der Waals surface area contributed by atoms with E-state index in [4.69, 9.17) is 4.74 Å². The van der Waals surface area contributed by atoms with Gasteiger partial charge < -0.3 is 9.64 Å². The van der Waals surface area contributed by atoms with Gasteiger partial charge in [0.05, 0.1) is 12.2 Å². The summed E-state index contributed by atoms with van der Waals surface area (Å²) in [6.45, 7) is 5.54. The van der Waals surface area contributed by atoms with Crippen LogP contribution in [0, 0.1) is 5.82 Å². The van der Waals surface area contributed by atoms with E-state index >= 15 is 0 Å². The van der Waals surface area contributed by atoms with E-state index in [1.165, 1.54) is 29.3 Å². The normalized spacial score (nSPS) is 11.9. The number of sulfone groups is 1. The third-order valence-corrected chi connectivity index (χ3v) is 4.45. The van der Waals surface area contributed by atoms with Crippen LogP contribution in [-0.4, -0.2) is 47.8 Å². The molecule has 9 heteroatoms. The highest BCUT2D eigenvalue weighted by atomic mass is 32.2. The Hall–Kier alpha value is -2.55. The van der Waals surface area contributed by atoms with Gasteiger partial charge in [-0.15, -0.1) is 0 Å². The highest BCUT2D eigenvalue weighted by molar-refractivity contribution is 7.90. The first kappa shape index (κ1) is 21.7. The zero-order valence-corrected chi connectivity index (χ0v) is 17.2. The maximum absolute atomic E-state index is 13.4. The summed E-state index contributed by atoms with van der Waals surface area (Å²) in [5, 5.41) is -0.306. The lowest BCUT2D eigenvalue weighted by Crippen LogP contribution is -2.38. The lowest BCUT2D eigenvalue weighted by Gasteiger charge is -2.27. The van der Waals surface area contributed by atoms with Crippen LogP contribution in [-0.2, 0) is 27.5 Å². The Morgan fingerprint density at radius 3 is 2.57 bits per heavy atom. The molecule has 2 aromatic rings. The quantitative estimate of drug-likeness (QED) is 0.682. The number of carbonyl (C=O) groups is 1. The predicted octanol–water partition coefficient (Wildman–Crippen LogP) is 3.00. The summed E-state index contributed by atoms with van der Waals surface area (Å²) in [7, 11) is -3.57. The molecule has 0 saturated carbocycles. The van der Waals surface area contributed by atoms with Crippen molar-refractivity contribution in [3.05, 3.63) is 53.6 Å². The first-order valence-corrected chi connectivity index (χ1v) is 10.6. The molecule has 2 rings (SSSR count). The molecule has 7 nitrogen and oxygen atoms in total. The Morgan fingerprint density at radius 1 is 1.25 bits per heavy atom. The number of nitrogens with zero attached hydrogens (tertiary/aromatic N) is 3. The molecule has 0 bridgehead atoms. The number of carbonyl (C=O) groups excluding carboxylic acids is 1. The smallest absolute Gasteiger partial charge is 0.410 e. The standard InChI is InChI=1S/C19H24FN3O4S/c1-19(2,3)27-18(24)23(11-9-14-6-5-7-15(20)12-14)13-16-8-10-21-17(22-16)28(4,25)26/h5-8,10,12H,9,11,13H2,1-4H3. The van der Waals surface area contributed by atoms with Gasteiger partial charge in [-0.1, -0.05) is 12.1 Å². The molecule has 0 unspecified atom stereocenters. The van der Waals surface area contributed by atoms with Gasteiger partial charge in [-0.2, -0.15) is 0 Å². The number of rotatable bonds is 6. The van der Waals surface area contributed by atoms with Crippen LogP contribution in [0.5, 0.6) is 0 Å². The average molecular weight is 409 g/mol. The van der Waals surface area contributed by atoms with Crippen molar-refractivity contribution >= 4 is 15.9 Å². The number of benzene rings is 1. The molecule has 1 aromatic carbocycles. The van der Waals surface area contributed by atoms with Crippen molar-refractivity contribution in [1.82, 2.24) is 14.9 Å². The topological polar surface area (TPSA) is 89.5 Å². The number of hydrogen-bond donors (Lipinski definition) is 0. The molecule has 1 aromatic heterocycles. The molecule has 152 valence electrons. The molecule has 0 atom stereocenters. The number of ether oxygens (including phenoxy) is 1. The number of hydrogen-bond acceptors (Lipinski definition) is 6. The molecular weight excluding hydrogens is 385 g/mol. The Kier molecular flexibility index (Phi) is 6.71. The van der Waals surface area contributed by atoms with Crippen molar-refractivity contribution in [3.63, 3.8) is 0 Å². The van der Waals surface area contributed by atoms with E-state index in [0.29, 0.717) is 12.1 Å². The summed E-state index contributed by atoms with van der Waals surface area (Å²) in [5.41, 5.74) is 0.395. The third-order valence-electron chi connectivity index (χ3n) is 3.59. The van der Waals surface area contributed by atoms with E-state index in [1.807, 2.05) is 0 Å². The molecule has 0 saturated heterocycles. The van der Waals surface area contributed by atoms with Crippen LogP contribution in [0.15, 0.2) is 41.7 Å². The summed E-state index contributed by atoms with van der Waals surface area (Å²) in [6.07, 6.45) is 2.18. The summed E-state index contributed by atoms with van der Waals surface area (Å²) < 4.78 is 42.2. The van der Waals surface area contributed by atoms with Crippen molar-refractivity contribution in [3.8, 4) is 0 Å². The van der Waals surface area contributed by atoms with Crippen molar-refractivity contribution in [2.45, 2.75) is 44.5 Å². The molecule has 0 radical (unpaired) electrons. The van der Waals surface area contributed by atoms with Gasteiger partial charge in [-0.3, -0.25) is 0 Å². The van der Waals surface area contributed by atoms with Gasteiger partial charge in [0, 0.05) is 19.0 Å². The van der Waals surface area contributed by atoms with Crippen LogP contribution in [0.25, 0.3) is 0 Å². The third kappa shape index (κ3) is 6.88. The Labute approximate surface area is 164 Å². The van der Waals surface area contributed by atoms with Crippen molar-refractivity contribution in [1.29, 1.82) is 0 Å². The molecule has 1 amide bonds. The molecule has 28 heavy (non-hydrogen) atoms. The van der Waals surface area contributed by atoms with Gasteiger partial charge in [-0.25, -0.2) is 27.6 Å². The highest BCUT2D eigenvalue weighted by Gasteiger charge is 2.23. The van der Waals surface area contributed by atoms with E-state index in [9.17, 15) is 17.6 Å². The molecule has 1 heterocycles. The second-order valence-electron chi connectivity index (χ2n) is 7.38. The van der Waals surface area contributed by atoms with Gasteiger partial charge in [-0.05, 0) is 51.0 Å². The molecule has 0 fully saturated rings. The van der Waals surface area contributed by atoms with Crippen molar-refractivity contribution in [2.75, 3.05) is 12.8 Å². The summed E-state index contributed by atoms with van der Waals surface area (Å²) >= 11 is 0. The SMILES string of the molecule is CC(C)(C)OC(=O)N(CCc1cccc(F)c1)Cc1ccnc(S(C)(=O)=O)n1. The van der Waals surface area contributed by atoms with Crippen LogP contribution in [0.4, 0.5) is 9.18 Å². The second kappa shape index (κ2) is 8.64. The van der Waals surface area contributed by atoms with E-state index < -0.39 is 21.5 Å². The maximum Gasteiger partial charge on any atom is 0.410 e. The lowest BCUT2D eigenvalue weighted by molar-refractivity contribution is 0.0233. The monoisotopic (exact) mass is 409 g/mol. The fraction of sp³-hybridized carbons (Fsp3) is 0.421.